The first-order chi connectivity index (χ1) is 11.5. The normalized spacial score (nSPS) is 9.88. The van der Waals surface area contributed by atoms with Gasteiger partial charge in [-0.05, 0) is 11.6 Å². The number of nitrogens with one attached hydrogen (secondary N) is 1. The molecule has 0 aliphatic carbocycles. The Balaban J connectivity index is 2.12. The monoisotopic (exact) mass is 331 g/mol. The van der Waals surface area contributed by atoms with E-state index in [9.17, 15) is 19.7 Å². The third kappa shape index (κ3) is 4.26. The van der Waals surface area contributed by atoms with Gasteiger partial charge < -0.3 is 9.47 Å². The number of methoxy groups -OCH3 is 1. The number of ether oxygens (including phenoxy) is 2. The van der Waals surface area contributed by atoms with E-state index in [1.54, 1.807) is 24.3 Å². The summed E-state index contributed by atoms with van der Waals surface area (Å²) in [5, 5.41) is 13.2. The van der Waals surface area contributed by atoms with Gasteiger partial charge >= 0.3 is 17.7 Å². The third-order valence-electron chi connectivity index (χ3n) is 2.90. The molecule has 0 atom stereocenters. The van der Waals surface area contributed by atoms with Gasteiger partial charge in [0.05, 0.1) is 12.0 Å². The zero-order valence-corrected chi connectivity index (χ0v) is 12.6. The number of esters is 1. The van der Waals surface area contributed by atoms with Gasteiger partial charge in [0.1, 0.15) is 6.61 Å². The van der Waals surface area contributed by atoms with Crippen molar-refractivity contribution in [3.8, 4) is 0 Å². The summed E-state index contributed by atoms with van der Waals surface area (Å²) in [6, 6.07) is 11.1. The Kier molecular flexibility index (Phi) is 5.40. The van der Waals surface area contributed by atoms with Crippen molar-refractivity contribution in [1.82, 2.24) is 4.98 Å². The van der Waals surface area contributed by atoms with E-state index in [2.05, 4.69) is 15.0 Å². The Morgan fingerprint density at radius 3 is 2.54 bits per heavy atom. The number of amides is 1. The van der Waals surface area contributed by atoms with Gasteiger partial charge in [-0.15, -0.1) is 0 Å². The predicted octanol–water partition coefficient (Wildman–Crippen LogP) is 2.53. The second kappa shape index (κ2) is 7.68. The number of hydrogen-bond acceptors (Lipinski definition) is 7. The van der Waals surface area contributed by atoms with Gasteiger partial charge in [-0.2, -0.15) is 0 Å². The van der Waals surface area contributed by atoms with Gasteiger partial charge in [-0.3, -0.25) is 15.4 Å². The van der Waals surface area contributed by atoms with Crippen LogP contribution in [0.25, 0.3) is 0 Å². The smallest absolute Gasteiger partial charge is 0.413 e. The summed E-state index contributed by atoms with van der Waals surface area (Å²) in [4.78, 5) is 37.2. The van der Waals surface area contributed by atoms with Crippen LogP contribution in [0.4, 0.5) is 16.3 Å². The number of hydrogen-bond donors (Lipinski definition) is 1. The maximum atomic E-state index is 11.8. The van der Waals surface area contributed by atoms with Crippen molar-refractivity contribution in [2.75, 3.05) is 12.4 Å². The highest BCUT2D eigenvalue weighted by atomic mass is 16.6. The van der Waals surface area contributed by atoms with E-state index >= 15 is 0 Å². The summed E-state index contributed by atoms with van der Waals surface area (Å²) in [7, 11) is 1.15. The van der Waals surface area contributed by atoms with Crippen LogP contribution in [0.2, 0.25) is 0 Å². The first-order valence-electron chi connectivity index (χ1n) is 6.72. The van der Waals surface area contributed by atoms with Crippen LogP contribution in [-0.2, 0) is 16.1 Å². The molecule has 9 nitrogen and oxygen atoms in total. The Hall–Kier alpha value is -3.49. The number of nitro groups is 1. The van der Waals surface area contributed by atoms with E-state index in [0.29, 0.717) is 0 Å². The molecular formula is C15H13N3O6. The summed E-state index contributed by atoms with van der Waals surface area (Å²) in [5.41, 5.74) is 0.0965. The van der Waals surface area contributed by atoms with Crippen molar-refractivity contribution >= 4 is 23.6 Å². The average molecular weight is 331 g/mol. The average Bonchev–Trinajstić information content (AvgIpc) is 2.60. The lowest BCUT2D eigenvalue weighted by molar-refractivity contribution is -0.384. The van der Waals surface area contributed by atoms with Gasteiger partial charge in [-0.1, -0.05) is 30.3 Å². The van der Waals surface area contributed by atoms with Crippen molar-refractivity contribution in [3.63, 3.8) is 0 Å². The molecule has 2 aromatic rings. The van der Waals surface area contributed by atoms with Crippen molar-refractivity contribution in [2.45, 2.75) is 6.61 Å². The van der Waals surface area contributed by atoms with E-state index in [0.717, 1.165) is 24.8 Å². The van der Waals surface area contributed by atoms with Crippen molar-refractivity contribution in [3.05, 3.63) is 63.8 Å². The maximum Gasteiger partial charge on any atom is 0.413 e. The first-order valence-corrected chi connectivity index (χ1v) is 6.72. The van der Waals surface area contributed by atoms with Crippen LogP contribution < -0.4 is 5.32 Å². The fourth-order valence-corrected chi connectivity index (χ4v) is 1.77. The van der Waals surface area contributed by atoms with Crippen molar-refractivity contribution < 1.29 is 24.0 Å². The highest BCUT2D eigenvalue weighted by molar-refractivity contribution is 5.91. The Morgan fingerprint density at radius 2 is 1.92 bits per heavy atom. The van der Waals surface area contributed by atoms with Crippen molar-refractivity contribution in [2.24, 2.45) is 0 Å². The van der Waals surface area contributed by atoms with Gasteiger partial charge in [0.2, 0.25) is 5.82 Å². The summed E-state index contributed by atoms with van der Waals surface area (Å²) >= 11 is 0. The fourth-order valence-electron chi connectivity index (χ4n) is 1.77. The lowest BCUT2D eigenvalue weighted by atomic mass is 10.2. The molecular weight excluding hydrogens is 318 g/mol. The second-order valence-electron chi connectivity index (χ2n) is 4.50. The Morgan fingerprint density at radius 1 is 1.21 bits per heavy atom. The Bertz CT molecular complexity index is 763. The maximum absolute atomic E-state index is 11.8. The molecule has 124 valence electrons. The zero-order valence-electron chi connectivity index (χ0n) is 12.6. The molecule has 9 heteroatoms. The molecule has 0 saturated carbocycles. The number of nitrogens with zero attached hydrogens (tertiary/aromatic N) is 2. The van der Waals surface area contributed by atoms with E-state index < -0.39 is 28.5 Å². The molecule has 1 N–H and O–H groups in total. The number of carbonyl (C=O) groups is 2. The van der Waals surface area contributed by atoms with Gasteiger partial charge in [0.15, 0.2) is 5.69 Å². The van der Waals surface area contributed by atoms with Crippen LogP contribution in [-0.4, -0.2) is 29.1 Å². The van der Waals surface area contributed by atoms with Gasteiger partial charge in [-0.25, -0.2) is 14.6 Å². The minimum atomic E-state index is -0.934. The molecule has 1 amide bonds. The SMILES string of the molecule is COC(=O)c1ccc([N+](=O)[O-])c(NC(=O)OCc2ccccc2)n1. The van der Waals surface area contributed by atoms with Crippen LogP contribution in [0, 0.1) is 10.1 Å². The van der Waals surface area contributed by atoms with Crippen LogP contribution in [0.5, 0.6) is 0 Å². The number of anilines is 1. The van der Waals surface area contributed by atoms with Crippen LogP contribution in [0.1, 0.15) is 16.1 Å². The molecule has 0 unspecified atom stereocenters. The molecule has 0 fully saturated rings. The minimum Gasteiger partial charge on any atom is -0.464 e. The third-order valence-corrected chi connectivity index (χ3v) is 2.90. The number of carbonyl (C=O) groups excluding carboxylic acids is 2. The van der Waals surface area contributed by atoms with Crippen molar-refractivity contribution in [1.29, 1.82) is 0 Å². The van der Waals surface area contributed by atoms with Gasteiger partial charge in [0.25, 0.3) is 0 Å². The zero-order chi connectivity index (χ0) is 17.5. The molecule has 0 aliphatic rings. The first kappa shape index (κ1) is 16.9. The molecule has 0 bridgehead atoms. The summed E-state index contributed by atoms with van der Waals surface area (Å²) < 4.78 is 9.45. The molecule has 0 aliphatic heterocycles. The van der Waals surface area contributed by atoms with Gasteiger partial charge in [0, 0.05) is 6.07 Å². The molecule has 24 heavy (non-hydrogen) atoms. The number of aromatic nitrogens is 1. The molecule has 1 aromatic carbocycles. The van der Waals surface area contributed by atoms with Crippen LogP contribution in [0.3, 0.4) is 0 Å². The van der Waals surface area contributed by atoms with E-state index in [-0.39, 0.29) is 12.3 Å². The van der Waals surface area contributed by atoms with Crippen LogP contribution >= 0.6 is 0 Å². The standard InChI is InChI=1S/C15H13N3O6/c1-23-14(19)11-7-8-12(18(21)22)13(16-11)17-15(20)24-9-10-5-3-2-4-6-10/h2-8H,9H2,1H3,(H,16,17,20). The molecule has 0 spiro atoms. The van der Waals surface area contributed by atoms with E-state index in [1.807, 2.05) is 6.07 Å². The largest absolute Gasteiger partial charge is 0.464 e. The lowest BCUT2D eigenvalue weighted by Gasteiger charge is -2.08. The summed E-state index contributed by atoms with van der Waals surface area (Å²) in [5.74, 6) is -1.19. The van der Waals surface area contributed by atoms with Crippen LogP contribution in [0.15, 0.2) is 42.5 Å². The Labute approximate surface area is 136 Å². The predicted molar refractivity (Wildman–Crippen MR) is 82.5 cm³/mol. The quantitative estimate of drug-likeness (QED) is 0.507. The number of pyridine rings is 1. The lowest BCUT2D eigenvalue weighted by Crippen LogP contribution is -2.17. The molecule has 2 rings (SSSR count). The highest BCUT2D eigenvalue weighted by Gasteiger charge is 2.21. The topological polar surface area (TPSA) is 121 Å². The highest BCUT2D eigenvalue weighted by Crippen LogP contribution is 2.22. The number of rotatable bonds is 5. The minimum absolute atomic E-state index is 0.0167. The molecule has 0 radical (unpaired) electrons. The second-order valence-corrected chi connectivity index (χ2v) is 4.50. The summed E-state index contributed by atoms with van der Waals surface area (Å²) in [6.45, 7) is -0.0167. The fraction of sp³-hybridized carbons (Fsp3) is 0.133. The summed E-state index contributed by atoms with van der Waals surface area (Å²) in [6.07, 6.45) is -0.934. The molecule has 1 heterocycles. The molecule has 1 aromatic heterocycles. The van der Waals surface area contributed by atoms with E-state index in [4.69, 9.17) is 4.74 Å². The van der Waals surface area contributed by atoms with E-state index in [1.165, 1.54) is 0 Å². The molecule has 0 saturated heterocycles. The number of benzene rings is 1.